The van der Waals surface area contributed by atoms with Crippen LogP contribution in [0.2, 0.25) is 0 Å². The molecule has 1 saturated heterocycles. The lowest BCUT2D eigenvalue weighted by Crippen LogP contribution is -2.41. The predicted molar refractivity (Wildman–Crippen MR) is 88.6 cm³/mol. The topological polar surface area (TPSA) is 24.5 Å². The Morgan fingerprint density at radius 2 is 2.25 bits per heavy atom. The molecule has 3 nitrogen and oxygen atoms in total. The van der Waals surface area contributed by atoms with E-state index in [0.717, 1.165) is 22.5 Å². The molecule has 0 spiro atoms. The summed E-state index contributed by atoms with van der Waals surface area (Å²) in [6.45, 7) is 8.16. The van der Waals surface area contributed by atoms with Crippen LogP contribution in [0.4, 0.5) is 5.69 Å². The molecule has 2 atom stereocenters. The Labute approximate surface area is 130 Å². The standard InChI is InChI=1S/C16H25BrN2O/c1-4-19-7-5-6-13(11-19)12(2)18-15-8-14(17)9-16(10-15)20-3/h8-10,12-13,18H,4-7,11H2,1-3H3. The molecule has 4 heteroatoms. The van der Waals surface area contributed by atoms with Crippen molar-refractivity contribution >= 4 is 21.6 Å². The van der Waals surface area contributed by atoms with Gasteiger partial charge >= 0.3 is 0 Å². The predicted octanol–water partition coefficient (Wildman–Crippen LogP) is 3.99. The molecule has 2 unspecified atom stereocenters. The fourth-order valence-electron chi connectivity index (χ4n) is 2.93. The third kappa shape index (κ3) is 4.13. The van der Waals surface area contributed by atoms with Crippen LogP contribution in [0.25, 0.3) is 0 Å². The maximum Gasteiger partial charge on any atom is 0.122 e. The Morgan fingerprint density at radius 3 is 2.95 bits per heavy atom. The number of halogens is 1. The zero-order valence-corrected chi connectivity index (χ0v) is 14.2. The first kappa shape index (κ1) is 15.6. The molecular formula is C16H25BrN2O. The average Bonchev–Trinajstić information content (AvgIpc) is 2.46. The first-order chi connectivity index (χ1) is 9.62. The minimum absolute atomic E-state index is 0.475. The van der Waals surface area contributed by atoms with Crippen molar-refractivity contribution in [3.8, 4) is 5.75 Å². The van der Waals surface area contributed by atoms with Crippen LogP contribution in [0, 0.1) is 5.92 Å². The van der Waals surface area contributed by atoms with Gasteiger partial charge in [0.05, 0.1) is 7.11 Å². The van der Waals surface area contributed by atoms with Crippen molar-refractivity contribution in [3.63, 3.8) is 0 Å². The Hall–Kier alpha value is -0.740. The highest BCUT2D eigenvalue weighted by atomic mass is 79.9. The Bertz CT molecular complexity index is 438. The Balaban J connectivity index is 2.00. The highest BCUT2D eigenvalue weighted by Crippen LogP contribution is 2.27. The fraction of sp³-hybridized carbons (Fsp3) is 0.625. The molecule has 112 valence electrons. The molecular weight excluding hydrogens is 316 g/mol. The first-order valence-electron chi connectivity index (χ1n) is 7.46. The molecule has 1 heterocycles. The number of nitrogens with one attached hydrogen (secondary N) is 1. The molecule has 0 saturated carbocycles. The second kappa shape index (κ2) is 7.32. The van der Waals surface area contributed by atoms with Crippen LogP contribution in [-0.4, -0.2) is 37.7 Å². The van der Waals surface area contributed by atoms with Gasteiger partial charge in [-0.3, -0.25) is 0 Å². The minimum Gasteiger partial charge on any atom is -0.497 e. The molecule has 1 N–H and O–H groups in total. The molecule has 1 aliphatic heterocycles. The van der Waals surface area contributed by atoms with Crippen LogP contribution in [0.1, 0.15) is 26.7 Å². The van der Waals surface area contributed by atoms with E-state index in [2.05, 4.69) is 52.1 Å². The second-order valence-electron chi connectivity index (χ2n) is 5.61. The normalized spacial score (nSPS) is 21.5. The van der Waals surface area contributed by atoms with Gasteiger partial charge in [0.25, 0.3) is 0 Å². The van der Waals surface area contributed by atoms with Crippen LogP contribution in [0.15, 0.2) is 22.7 Å². The Morgan fingerprint density at radius 1 is 1.45 bits per heavy atom. The van der Waals surface area contributed by atoms with E-state index >= 15 is 0 Å². The summed E-state index contributed by atoms with van der Waals surface area (Å²) < 4.78 is 6.37. The zero-order valence-electron chi connectivity index (χ0n) is 12.7. The largest absolute Gasteiger partial charge is 0.497 e. The fourth-order valence-corrected chi connectivity index (χ4v) is 3.40. The molecule has 1 aromatic carbocycles. The third-order valence-corrected chi connectivity index (χ3v) is 4.66. The number of ether oxygens (including phenoxy) is 1. The SMILES string of the molecule is CCN1CCCC(C(C)Nc2cc(Br)cc(OC)c2)C1. The zero-order chi connectivity index (χ0) is 14.5. The van der Waals surface area contributed by atoms with E-state index in [0.29, 0.717) is 12.0 Å². The summed E-state index contributed by atoms with van der Waals surface area (Å²) >= 11 is 3.53. The minimum atomic E-state index is 0.475. The van der Waals surface area contributed by atoms with E-state index in [9.17, 15) is 0 Å². The number of likely N-dealkylation sites (tertiary alicyclic amines) is 1. The van der Waals surface area contributed by atoms with Gasteiger partial charge in [-0.05, 0) is 50.9 Å². The third-order valence-electron chi connectivity index (χ3n) is 4.20. The number of nitrogens with zero attached hydrogens (tertiary/aromatic N) is 1. The van der Waals surface area contributed by atoms with Crippen molar-refractivity contribution in [2.24, 2.45) is 5.92 Å². The van der Waals surface area contributed by atoms with Gasteiger partial charge in [0, 0.05) is 28.8 Å². The highest BCUT2D eigenvalue weighted by molar-refractivity contribution is 9.10. The molecule has 0 amide bonds. The van der Waals surface area contributed by atoms with Gasteiger partial charge in [0.1, 0.15) is 5.75 Å². The molecule has 0 aliphatic carbocycles. The molecule has 0 bridgehead atoms. The number of hydrogen-bond acceptors (Lipinski definition) is 3. The maximum atomic E-state index is 5.32. The monoisotopic (exact) mass is 340 g/mol. The van der Waals surface area contributed by atoms with Gasteiger partial charge in [-0.2, -0.15) is 0 Å². The number of hydrogen-bond donors (Lipinski definition) is 1. The number of rotatable bonds is 5. The summed E-state index contributed by atoms with van der Waals surface area (Å²) in [4.78, 5) is 2.55. The summed E-state index contributed by atoms with van der Waals surface area (Å²) in [6, 6.07) is 6.62. The summed E-state index contributed by atoms with van der Waals surface area (Å²) in [5.74, 6) is 1.60. The molecule has 0 aromatic heterocycles. The van der Waals surface area contributed by atoms with Crippen molar-refractivity contribution in [2.45, 2.75) is 32.7 Å². The molecule has 1 aromatic rings. The molecule has 20 heavy (non-hydrogen) atoms. The average molecular weight is 341 g/mol. The molecule has 0 radical (unpaired) electrons. The van der Waals surface area contributed by atoms with Gasteiger partial charge in [0.2, 0.25) is 0 Å². The van der Waals surface area contributed by atoms with Gasteiger partial charge in [-0.15, -0.1) is 0 Å². The smallest absolute Gasteiger partial charge is 0.122 e. The summed E-state index contributed by atoms with van der Waals surface area (Å²) in [7, 11) is 1.70. The van der Waals surface area contributed by atoms with E-state index in [1.54, 1.807) is 7.11 Å². The maximum absolute atomic E-state index is 5.32. The van der Waals surface area contributed by atoms with Crippen LogP contribution >= 0.6 is 15.9 Å². The van der Waals surface area contributed by atoms with Crippen LogP contribution in [0.3, 0.4) is 0 Å². The molecule has 1 fully saturated rings. The van der Waals surface area contributed by atoms with Crippen molar-refractivity contribution in [1.82, 2.24) is 4.90 Å². The van der Waals surface area contributed by atoms with Crippen molar-refractivity contribution in [3.05, 3.63) is 22.7 Å². The number of anilines is 1. The molecule has 1 aliphatic rings. The number of piperidine rings is 1. The number of methoxy groups -OCH3 is 1. The summed E-state index contributed by atoms with van der Waals surface area (Å²) in [5.41, 5.74) is 1.12. The van der Waals surface area contributed by atoms with Crippen molar-refractivity contribution < 1.29 is 4.74 Å². The van der Waals surface area contributed by atoms with E-state index in [4.69, 9.17) is 4.74 Å². The Kier molecular flexibility index (Phi) is 5.73. The van der Waals surface area contributed by atoms with E-state index in [1.165, 1.54) is 25.9 Å². The first-order valence-corrected chi connectivity index (χ1v) is 8.25. The van der Waals surface area contributed by atoms with Gasteiger partial charge in [-0.1, -0.05) is 22.9 Å². The van der Waals surface area contributed by atoms with Crippen molar-refractivity contribution in [1.29, 1.82) is 0 Å². The van der Waals surface area contributed by atoms with E-state index in [-0.39, 0.29) is 0 Å². The van der Waals surface area contributed by atoms with E-state index in [1.807, 2.05) is 6.07 Å². The lowest BCUT2D eigenvalue weighted by atomic mass is 9.91. The lowest BCUT2D eigenvalue weighted by molar-refractivity contribution is 0.172. The van der Waals surface area contributed by atoms with Crippen LogP contribution in [0.5, 0.6) is 5.75 Å². The van der Waals surface area contributed by atoms with Crippen molar-refractivity contribution in [2.75, 3.05) is 32.1 Å². The summed E-state index contributed by atoms with van der Waals surface area (Å²) in [6.07, 6.45) is 2.63. The van der Waals surface area contributed by atoms with Crippen LogP contribution < -0.4 is 10.1 Å². The second-order valence-corrected chi connectivity index (χ2v) is 6.52. The quantitative estimate of drug-likeness (QED) is 0.876. The van der Waals surface area contributed by atoms with E-state index < -0.39 is 0 Å². The summed E-state index contributed by atoms with van der Waals surface area (Å²) in [5, 5.41) is 3.64. The molecule has 2 rings (SSSR count). The van der Waals surface area contributed by atoms with Gasteiger partial charge < -0.3 is 15.0 Å². The van der Waals surface area contributed by atoms with Gasteiger partial charge in [0.15, 0.2) is 0 Å². The van der Waals surface area contributed by atoms with Crippen LogP contribution in [-0.2, 0) is 0 Å². The highest BCUT2D eigenvalue weighted by Gasteiger charge is 2.23. The lowest BCUT2D eigenvalue weighted by Gasteiger charge is -2.35. The van der Waals surface area contributed by atoms with Gasteiger partial charge in [-0.25, -0.2) is 0 Å². The number of benzene rings is 1.